The van der Waals surface area contributed by atoms with E-state index in [4.69, 9.17) is 11.6 Å². The van der Waals surface area contributed by atoms with Crippen molar-refractivity contribution < 1.29 is 14.0 Å². The third-order valence-corrected chi connectivity index (χ3v) is 8.50. The number of carbonyl (C=O) groups is 2. The highest BCUT2D eigenvalue weighted by atomic mass is 35.5. The lowest BCUT2D eigenvalue weighted by Crippen LogP contribution is -2.28. The van der Waals surface area contributed by atoms with Crippen LogP contribution in [0.2, 0.25) is 5.02 Å². The van der Waals surface area contributed by atoms with Gasteiger partial charge in [-0.15, -0.1) is 0 Å². The fourth-order valence-electron chi connectivity index (χ4n) is 5.28. The van der Waals surface area contributed by atoms with Crippen LogP contribution in [0.25, 0.3) is 11.8 Å². The Labute approximate surface area is 220 Å². The Morgan fingerprint density at radius 1 is 1.06 bits per heavy atom. The maximum absolute atomic E-state index is 14.2. The summed E-state index contributed by atoms with van der Waals surface area (Å²) >= 11 is 6.98. The molecule has 1 saturated heterocycles. The number of nitrogens with zero attached hydrogens (tertiary/aromatic N) is 2. The van der Waals surface area contributed by atoms with Crippen LogP contribution >= 0.6 is 23.4 Å². The van der Waals surface area contributed by atoms with E-state index in [0.717, 1.165) is 39.3 Å². The Bertz CT molecular complexity index is 1340. The van der Waals surface area contributed by atoms with Crippen LogP contribution in [0, 0.1) is 19.7 Å². The first-order valence-electron chi connectivity index (χ1n) is 12.3. The summed E-state index contributed by atoms with van der Waals surface area (Å²) in [6.45, 7) is 3.85. The molecule has 4 nitrogen and oxygen atoms in total. The van der Waals surface area contributed by atoms with Crippen LogP contribution in [0.4, 0.5) is 9.18 Å². The Morgan fingerprint density at radius 2 is 1.78 bits per heavy atom. The zero-order valence-electron chi connectivity index (χ0n) is 20.4. The SMILES string of the molecule is Cc1cc(/C=C2\SC(=O)N(Cc3c(F)cccc3Cl)C2=O)c(C)n1-c1ccc(C2CCCCC2)cc1. The van der Waals surface area contributed by atoms with Gasteiger partial charge in [-0.1, -0.05) is 49.1 Å². The van der Waals surface area contributed by atoms with Crippen LogP contribution in [-0.4, -0.2) is 20.6 Å². The van der Waals surface area contributed by atoms with E-state index in [1.54, 1.807) is 12.1 Å². The maximum atomic E-state index is 14.2. The van der Waals surface area contributed by atoms with Crippen molar-refractivity contribution in [3.8, 4) is 5.69 Å². The standard InChI is InChI=1S/C29H28ClFN2O2S/c1-18-15-22(19(2)33(18)23-13-11-21(12-14-23)20-7-4-3-5-8-20)16-27-28(34)32(29(35)36-27)17-24-25(30)9-6-10-26(24)31/h6,9-16,20H,3-5,7-8,17H2,1-2H3/b27-16-. The molecule has 5 rings (SSSR count). The van der Waals surface area contributed by atoms with Gasteiger partial charge in [-0.05, 0) is 91.9 Å². The lowest BCUT2D eigenvalue weighted by Gasteiger charge is -2.22. The predicted octanol–water partition coefficient (Wildman–Crippen LogP) is 8.17. The number of halogens is 2. The normalized spacial score (nSPS) is 18.0. The van der Waals surface area contributed by atoms with Crippen molar-refractivity contribution in [3.63, 3.8) is 0 Å². The number of imide groups is 1. The number of thioether (sulfide) groups is 1. The van der Waals surface area contributed by atoms with Gasteiger partial charge < -0.3 is 4.57 Å². The third-order valence-electron chi connectivity index (χ3n) is 7.24. The lowest BCUT2D eigenvalue weighted by molar-refractivity contribution is -0.123. The van der Waals surface area contributed by atoms with E-state index in [1.165, 1.54) is 49.8 Å². The summed E-state index contributed by atoms with van der Waals surface area (Å²) in [5.41, 5.74) is 5.52. The van der Waals surface area contributed by atoms with Crippen molar-refractivity contribution in [2.24, 2.45) is 0 Å². The summed E-state index contributed by atoms with van der Waals surface area (Å²) < 4.78 is 16.4. The molecule has 3 aromatic rings. The summed E-state index contributed by atoms with van der Waals surface area (Å²) in [7, 11) is 0. The smallest absolute Gasteiger partial charge is 0.293 e. The number of aryl methyl sites for hydroxylation is 1. The van der Waals surface area contributed by atoms with E-state index >= 15 is 0 Å². The molecule has 1 saturated carbocycles. The summed E-state index contributed by atoms with van der Waals surface area (Å²) in [4.78, 5) is 27.0. The fraction of sp³-hybridized carbons (Fsp3) is 0.310. The Morgan fingerprint density at radius 3 is 2.47 bits per heavy atom. The van der Waals surface area contributed by atoms with Crippen molar-refractivity contribution in [1.29, 1.82) is 0 Å². The van der Waals surface area contributed by atoms with Crippen LogP contribution in [0.5, 0.6) is 0 Å². The van der Waals surface area contributed by atoms with Gasteiger partial charge in [0, 0.05) is 27.7 Å². The highest BCUT2D eigenvalue weighted by Gasteiger charge is 2.36. The first-order valence-corrected chi connectivity index (χ1v) is 13.5. The van der Waals surface area contributed by atoms with E-state index in [1.807, 2.05) is 19.9 Å². The minimum atomic E-state index is -0.538. The quantitative estimate of drug-likeness (QED) is 0.317. The molecule has 36 heavy (non-hydrogen) atoms. The molecule has 7 heteroatoms. The van der Waals surface area contributed by atoms with Gasteiger partial charge in [0.1, 0.15) is 5.82 Å². The van der Waals surface area contributed by atoms with Gasteiger partial charge in [-0.3, -0.25) is 14.5 Å². The van der Waals surface area contributed by atoms with Gasteiger partial charge in [-0.2, -0.15) is 0 Å². The summed E-state index contributed by atoms with van der Waals surface area (Å²) in [5, 5.41) is -0.242. The minimum absolute atomic E-state index is 0.137. The highest BCUT2D eigenvalue weighted by molar-refractivity contribution is 8.18. The average molecular weight is 523 g/mol. The van der Waals surface area contributed by atoms with E-state index in [0.29, 0.717) is 10.8 Å². The molecule has 1 aromatic heterocycles. The number of aromatic nitrogens is 1. The molecule has 2 fully saturated rings. The number of hydrogen-bond acceptors (Lipinski definition) is 3. The summed E-state index contributed by atoms with van der Waals surface area (Å²) in [5.74, 6) is -0.320. The molecule has 186 valence electrons. The average Bonchev–Trinajstić information content (AvgIpc) is 3.30. The van der Waals surface area contributed by atoms with Gasteiger partial charge >= 0.3 is 0 Å². The second kappa shape index (κ2) is 10.3. The Kier molecular flexibility index (Phi) is 7.09. The molecule has 0 unspecified atom stereocenters. The molecule has 0 spiro atoms. The molecule has 0 N–H and O–H groups in total. The monoisotopic (exact) mass is 522 g/mol. The number of benzene rings is 2. The van der Waals surface area contributed by atoms with Crippen LogP contribution in [0.15, 0.2) is 53.4 Å². The molecule has 2 heterocycles. The van der Waals surface area contributed by atoms with E-state index in [2.05, 4.69) is 28.8 Å². The molecule has 1 aliphatic carbocycles. The van der Waals surface area contributed by atoms with Crippen LogP contribution in [0.3, 0.4) is 0 Å². The van der Waals surface area contributed by atoms with Crippen LogP contribution < -0.4 is 0 Å². The second-order valence-electron chi connectivity index (χ2n) is 9.56. The first kappa shape index (κ1) is 24.8. The Hall–Kier alpha value is -2.83. The van der Waals surface area contributed by atoms with Gasteiger partial charge in [0.25, 0.3) is 11.1 Å². The van der Waals surface area contributed by atoms with Crippen LogP contribution in [-0.2, 0) is 11.3 Å². The Balaban J connectivity index is 1.38. The molecular formula is C29H28ClFN2O2S. The molecule has 0 bridgehead atoms. The summed E-state index contributed by atoms with van der Waals surface area (Å²) in [6, 6.07) is 15.1. The third kappa shape index (κ3) is 4.76. The zero-order valence-corrected chi connectivity index (χ0v) is 22.0. The number of carbonyl (C=O) groups excluding carboxylic acids is 2. The first-order chi connectivity index (χ1) is 17.3. The summed E-state index contributed by atoms with van der Waals surface area (Å²) in [6.07, 6.45) is 8.25. The van der Waals surface area contributed by atoms with E-state index < -0.39 is 17.0 Å². The number of rotatable bonds is 5. The van der Waals surface area contributed by atoms with E-state index in [-0.39, 0.29) is 17.1 Å². The molecule has 0 radical (unpaired) electrons. The second-order valence-corrected chi connectivity index (χ2v) is 11.0. The van der Waals surface area contributed by atoms with Crippen molar-refractivity contribution >= 4 is 40.6 Å². The maximum Gasteiger partial charge on any atom is 0.293 e. The lowest BCUT2D eigenvalue weighted by atomic mass is 9.84. The van der Waals surface area contributed by atoms with E-state index in [9.17, 15) is 14.0 Å². The van der Waals surface area contributed by atoms with Crippen molar-refractivity contribution in [3.05, 3.63) is 92.4 Å². The zero-order chi connectivity index (χ0) is 25.4. The highest BCUT2D eigenvalue weighted by Crippen LogP contribution is 2.36. The number of hydrogen-bond donors (Lipinski definition) is 0. The molecule has 1 aliphatic heterocycles. The topological polar surface area (TPSA) is 42.3 Å². The molecule has 2 amide bonds. The molecule has 0 atom stereocenters. The largest absolute Gasteiger partial charge is 0.318 e. The van der Waals surface area contributed by atoms with Gasteiger partial charge in [0.2, 0.25) is 0 Å². The molecule has 2 aromatic carbocycles. The molecule has 2 aliphatic rings. The van der Waals surface area contributed by atoms with Crippen molar-refractivity contribution in [2.45, 2.75) is 58.4 Å². The van der Waals surface area contributed by atoms with Crippen molar-refractivity contribution in [2.75, 3.05) is 0 Å². The van der Waals surface area contributed by atoms with Gasteiger partial charge in [0.15, 0.2) is 0 Å². The minimum Gasteiger partial charge on any atom is -0.318 e. The predicted molar refractivity (Wildman–Crippen MR) is 144 cm³/mol. The van der Waals surface area contributed by atoms with Gasteiger partial charge in [-0.25, -0.2) is 4.39 Å². The van der Waals surface area contributed by atoms with Crippen molar-refractivity contribution in [1.82, 2.24) is 9.47 Å². The fourth-order valence-corrected chi connectivity index (χ4v) is 6.33. The molecular weight excluding hydrogens is 495 g/mol. The van der Waals surface area contributed by atoms with Crippen LogP contribution in [0.1, 0.15) is 66.1 Å². The number of amides is 2. The van der Waals surface area contributed by atoms with Gasteiger partial charge in [0.05, 0.1) is 11.4 Å².